The minimum Gasteiger partial charge on any atom is -0.447 e. The van der Waals surface area contributed by atoms with E-state index in [-0.39, 0.29) is 11.6 Å². The first-order chi connectivity index (χ1) is 7.56. The summed E-state index contributed by atoms with van der Waals surface area (Å²) in [5.41, 5.74) is 5.37. The van der Waals surface area contributed by atoms with Crippen molar-refractivity contribution in [2.45, 2.75) is 31.9 Å². The standard InChI is InChI=1S/C10H18N2O3S/c1-3-7-12(4-2)16(13,14)10-6-5-9(8-11)15-10/h5-6H,3-4,7-8,11H2,1-2H3. The second kappa shape index (κ2) is 5.47. The van der Waals surface area contributed by atoms with E-state index in [1.165, 1.54) is 10.4 Å². The monoisotopic (exact) mass is 246 g/mol. The number of furan rings is 1. The highest BCUT2D eigenvalue weighted by molar-refractivity contribution is 7.89. The zero-order valence-corrected chi connectivity index (χ0v) is 10.5. The summed E-state index contributed by atoms with van der Waals surface area (Å²) in [6.07, 6.45) is 0.775. The molecule has 0 fully saturated rings. The Morgan fingerprint density at radius 2 is 2.06 bits per heavy atom. The quantitative estimate of drug-likeness (QED) is 0.817. The van der Waals surface area contributed by atoms with Crippen molar-refractivity contribution in [1.29, 1.82) is 0 Å². The molecule has 1 rings (SSSR count). The van der Waals surface area contributed by atoms with Gasteiger partial charge in [-0.3, -0.25) is 0 Å². The maximum Gasteiger partial charge on any atom is 0.276 e. The van der Waals surface area contributed by atoms with Crippen LogP contribution in [0, 0.1) is 0 Å². The lowest BCUT2D eigenvalue weighted by Gasteiger charge is -2.17. The van der Waals surface area contributed by atoms with Crippen LogP contribution in [0.4, 0.5) is 0 Å². The van der Waals surface area contributed by atoms with E-state index in [9.17, 15) is 8.42 Å². The van der Waals surface area contributed by atoms with Gasteiger partial charge in [-0.05, 0) is 18.6 Å². The van der Waals surface area contributed by atoms with Crippen molar-refractivity contribution in [2.24, 2.45) is 5.73 Å². The Labute approximate surface area is 96.3 Å². The zero-order chi connectivity index (χ0) is 12.2. The van der Waals surface area contributed by atoms with Gasteiger partial charge in [0, 0.05) is 13.1 Å². The summed E-state index contributed by atoms with van der Waals surface area (Å²) in [6, 6.07) is 3.04. The third kappa shape index (κ3) is 2.63. The van der Waals surface area contributed by atoms with Crippen molar-refractivity contribution in [2.75, 3.05) is 13.1 Å². The lowest BCUT2D eigenvalue weighted by Crippen LogP contribution is -2.31. The van der Waals surface area contributed by atoms with Gasteiger partial charge >= 0.3 is 0 Å². The van der Waals surface area contributed by atoms with E-state index >= 15 is 0 Å². The van der Waals surface area contributed by atoms with Gasteiger partial charge in [0.2, 0.25) is 5.09 Å². The van der Waals surface area contributed by atoms with E-state index in [1.54, 1.807) is 13.0 Å². The molecule has 1 aromatic rings. The smallest absolute Gasteiger partial charge is 0.276 e. The SMILES string of the molecule is CCCN(CC)S(=O)(=O)c1ccc(CN)o1. The number of nitrogens with zero attached hydrogens (tertiary/aromatic N) is 1. The molecule has 5 nitrogen and oxygen atoms in total. The Hall–Kier alpha value is -0.850. The third-order valence-electron chi connectivity index (χ3n) is 2.26. The molecule has 92 valence electrons. The van der Waals surface area contributed by atoms with Crippen LogP contribution in [0.3, 0.4) is 0 Å². The maximum atomic E-state index is 12.1. The lowest BCUT2D eigenvalue weighted by atomic mass is 10.5. The van der Waals surface area contributed by atoms with Crippen LogP contribution in [0.2, 0.25) is 0 Å². The average molecular weight is 246 g/mol. The topological polar surface area (TPSA) is 76.5 Å². The molecule has 0 atom stereocenters. The Kier molecular flexibility index (Phi) is 4.52. The predicted octanol–water partition coefficient (Wildman–Crippen LogP) is 1.16. The van der Waals surface area contributed by atoms with E-state index in [0.29, 0.717) is 18.8 Å². The molecular formula is C10H18N2O3S. The predicted molar refractivity (Wildman–Crippen MR) is 61.3 cm³/mol. The molecule has 16 heavy (non-hydrogen) atoms. The molecule has 0 saturated heterocycles. The summed E-state index contributed by atoms with van der Waals surface area (Å²) in [7, 11) is -3.49. The Morgan fingerprint density at radius 1 is 1.38 bits per heavy atom. The van der Waals surface area contributed by atoms with E-state index in [0.717, 1.165) is 6.42 Å². The van der Waals surface area contributed by atoms with Crippen molar-refractivity contribution < 1.29 is 12.8 Å². The van der Waals surface area contributed by atoms with Crippen molar-refractivity contribution in [1.82, 2.24) is 4.31 Å². The summed E-state index contributed by atoms with van der Waals surface area (Å²) in [5.74, 6) is 0.478. The summed E-state index contributed by atoms with van der Waals surface area (Å²) in [4.78, 5) is 0. The minimum absolute atomic E-state index is 0.0248. The van der Waals surface area contributed by atoms with Crippen LogP contribution in [-0.2, 0) is 16.6 Å². The van der Waals surface area contributed by atoms with Crippen LogP contribution < -0.4 is 5.73 Å². The van der Waals surface area contributed by atoms with Crippen LogP contribution in [0.15, 0.2) is 21.6 Å². The van der Waals surface area contributed by atoms with Crippen LogP contribution in [0.25, 0.3) is 0 Å². The Morgan fingerprint density at radius 3 is 2.50 bits per heavy atom. The molecule has 0 bridgehead atoms. The van der Waals surface area contributed by atoms with E-state index in [4.69, 9.17) is 10.2 Å². The number of nitrogens with two attached hydrogens (primary N) is 1. The van der Waals surface area contributed by atoms with E-state index in [1.807, 2.05) is 6.92 Å². The molecule has 2 N–H and O–H groups in total. The van der Waals surface area contributed by atoms with Crippen LogP contribution in [0.5, 0.6) is 0 Å². The second-order valence-corrected chi connectivity index (χ2v) is 5.29. The van der Waals surface area contributed by atoms with Gasteiger partial charge in [-0.15, -0.1) is 0 Å². The molecule has 0 aliphatic rings. The number of hydrogen-bond donors (Lipinski definition) is 1. The molecule has 1 aromatic heterocycles. The average Bonchev–Trinajstić information content (AvgIpc) is 2.74. The normalized spacial score (nSPS) is 12.2. The van der Waals surface area contributed by atoms with Crippen molar-refractivity contribution in [3.63, 3.8) is 0 Å². The van der Waals surface area contributed by atoms with Gasteiger partial charge in [0.05, 0.1) is 6.54 Å². The highest BCUT2D eigenvalue weighted by Crippen LogP contribution is 2.18. The highest BCUT2D eigenvalue weighted by Gasteiger charge is 2.25. The lowest BCUT2D eigenvalue weighted by molar-refractivity contribution is 0.374. The summed E-state index contributed by atoms with van der Waals surface area (Å²) >= 11 is 0. The number of sulfonamides is 1. The Balaban J connectivity index is 2.99. The van der Waals surface area contributed by atoms with Crippen molar-refractivity contribution in [3.8, 4) is 0 Å². The fourth-order valence-electron chi connectivity index (χ4n) is 1.43. The van der Waals surface area contributed by atoms with Gasteiger partial charge in [0.15, 0.2) is 0 Å². The van der Waals surface area contributed by atoms with Gasteiger partial charge in [-0.2, -0.15) is 4.31 Å². The highest BCUT2D eigenvalue weighted by atomic mass is 32.2. The van der Waals surface area contributed by atoms with E-state index in [2.05, 4.69) is 0 Å². The molecule has 0 saturated carbocycles. The van der Waals surface area contributed by atoms with Crippen LogP contribution in [0.1, 0.15) is 26.0 Å². The molecule has 0 aromatic carbocycles. The zero-order valence-electron chi connectivity index (χ0n) is 9.64. The fraction of sp³-hybridized carbons (Fsp3) is 0.600. The van der Waals surface area contributed by atoms with Crippen LogP contribution >= 0.6 is 0 Å². The van der Waals surface area contributed by atoms with Gasteiger partial charge < -0.3 is 10.2 Å². The van der Waals surface area contributed by atoms with Crippen molar-refractivity contribution >= 4 is 10.0 Å². The summed E-state index contributed by atoms with van der Waals surface area (Å²) in [5, 5.41) is -0.0248. The van der Waals surface area contributed by atoms with Gasteiger partial charge in [-0.1, -0.05) is 13.8 Å². The number of hydrogen-bond acceptors (Lipinski definition) is 4. The summed E-state index contributed by atoms with van der Waals surface area (Å²) < 4.78 is 30.7. The molecule has 0 radical (unpaired) electrons. The van der Waals surface area contributed by atoms with Gasteiger partial charge in [0.25, 0.3) is 10.0 Å². The van der Waals surface area contributed by atoms with Crippen LogP contribution in [-0.4, -0.2) is 25.8 Å². The Bertz CT molecular complexity index is 425. The second-order valence-electron chi connectivity index (χ2n) is 3.42. The molecule has 0 amide bonds. The molecular weight excluding hydrogens is 228 g/mol. The third-order valence-corrected chi connectivity index (χ3v) is 4.11. The molecule has 0 aliphatic carbocycles. The van der Waals surface area contributed by atoms with E-state index < -0.39 is 10.0 Å². The summed E-state index contributed by atoms with van der Waals surface area (Å²) in [6.45, 7) is 4.88. The first-order valence-electron chi connectivity index (χ1n) is 5.35. The molecule has 6 heteroatoms. The van der Waals surface area contributed by atoms with Gasteiger partial charge in [0.1, 0.15) is 5.76 Å². The minimum atomic E-state index is -3.49. The number of rotatable bonds is 6. The molecule has 0 unspecified atom stereocenters. The fourth-order valence-corrected chi connectivity index (χ4v) is 2.90. The maximum absolute atomic E-state index is 12.1. The van der Waals surface area contributed by atoms with Gasteiger partial charge in [-0.25, -0.2) is 8.42 Å². The first-order valence-corrected chi connectivity index (χ1v) is 6.79. The molecule has 0 spiro atoms. The largest absolute Gasteiger partial charge is 0.447 e. The molecule has 0 aliphatic heterocycles. The van der Waals surface area contributed by atoms with Crippen molar-refractivity contribution in [3.05, 3.63) is 17.9 Å². The molecule has 1 heterocycles. The first kappa shape index (κ1) is 13.2.